The molecule has 171 valence electrons. The molecule has 1 aliphatic heterocycles. The van der Waals surface area contributed by atoms with Crippen molar-refractivity contribution in [3.63, 3.8) is 0 Å². The molecular formula is C22H29N10O+2. The molecule has 0 aromatic carbocycles. The van der Waals surface area contributed by atoms with E-state index in [-0.39, 0.29) is 14.8 Å². The maximum atomic E-state index is 13.0. The first-order chi connectivity index (χ1) is 16.1. The predicted octanol–water partition coefficient (Wildman–Crippen LogP) is 0.986. The highest BCUT2D eigenvalue weighted by Crippen LogP contribution is 2.34. The maximum absolute atomic E-state index is 13.0. The number of amidine groups is 1. The number of hydrogen-bond donors (Lipinski definition) is 3. The number of anilines is 1. The molecule has 1 aliphatic carbocycles. The lowest BCUT2D eigenvalue weighted by Crippen LogP contribution is -2.43. The third kappa shape index (κ3) is 4.47. The number of aromatic amines is 1. The number of aromatic nitrogens is 6. The summed E-state index contributed by atoms with van der Waals surface area (Å²) in [6.45, 7) is 2.35. The molecular weight excluding hydrogens is 420 g/mol. The zero-order valence-corrected chi connectivity index (χ0v) is 18.4. The minimum Gasteiger partial charge on any atom is -0.360 e. The number of rotatable bonds is 8. The summed E-state index contributed by atoms with van der Waals surface area (Å²) < 4.78 is 3.88. The molecule has 3 N–H and O–H groups in total. The molecule has 4 heterocycles. The number of nitrogens with one attached hydrogen (secondary N) is 3. The summed E-state index contributed by atoms with van der Waals surface area (Å²) in [7, 11) is 3.86. The van der Waals surface area contributed by atoms with Crippen molar-refractivity contribution < 1.29 is 16.8 Å². The van der Waals surface area contributed by atoms with Gasteiger partial charge in [0.2, 0.25) is 6.54 Å². The highest BCUT2D eigenvalue weighted by Gasteiger charge is 2.41. The number of pyridine rings is 1. The minimum absolute atomic E-state index is 0. The molecule has 0 saturated heterocycles. The molecule has 2 aliphatic rings. The van der Waals surface area contributed by atoms with E-state index in [9.17, 15) is 4.79 Å². The molecule has 11 heteroatoms. The Balaban J connectivity index is 0.00000171. The monoisotopic (exact) mass is 449 g/mol. The largest absolute Gasteiger partial charge is 0.360 e. The van der Waals surface area contributed by atoms with Crippen molar-refractivity contribution in [1.29, 1.82) is 0 Å². The van der Waals surface area contributed by atoms with Crippen molar-refractivity contribution in [3.8, 4) is 11.5 Å². The number of H-pyrrole nitrogens is 1. The van der Waals surface area contributed by atoms with Crippen molar-refractivity contribution in [2.45, 2.75) is 25.4 Å². The van der Waals surface area contributed by atoms with Crippen molar-refractivity contribution in [3.05, 3.63) is 54.9 Å². The molecule has 5 rings (SSSR count). The van der Waals surface area contributed by atoms with E-state index in [4.69, 9.17) is 0 Å². The van der Waals surface area contributed by atoms with Crippen molar-refractivity contribution in [1.82, 2.24) is 30.5 Å². The molecule has 3 aromatic heterocycles. The van der Waals surface area contributed by atoms with Gasteiger partial charge in [0, 0.05) is 25.9 Å². The van der Waals surface area contributed by atoms with Gasteiger partial charge in [-0.05, 0) is 37.0 Å². The fourth-order valence-corrected chi connectivity index (χ4v) is 3.77. The lowest BCUT2D eigenvalue weighted by molar-refractivity contribution is -0.668. The van der Waals surface area contributed by atoms with Gasteiger partial charge in [-0.2, -0.15) is 0 Å². The normalized spacial score (nSPS) is 16.2. The Bertz CT molecular complexity index is 1240. The Kier molecular flexibility index (Phi) is 5.59. The van der Waals surface area contributed by atoms with E-state index < -0.39 is 0 Å². The highest BCUT2D eigenvalue weighted by atomic mass is 16.1. The Hall–Kier alpha value is -4.02. The van der Waals surface area contributed by atoms with Crippen LogP contribution in [0.5, 0.6) is 0 Å². The summed E-state index contributed by atoms with van der Waals surface area (Å²) in [4.78, 5) is 30.0. The summed E-state index contributed by atoms with van der Waals surface area (Å²) in [5, 5.41) is 13.8. The van der Waals surface area contributed by atoms with Gasteiger partial charge in [-0.25, -0.2) is 24.1 Å². The summed E-state index contributed by atoms with van der Waals surface area (Å²) in [6, 6.07) is 5.18. The van der Waals surface area contributed by atoms with Gasteiger partial charge < -0.3 is 10.6 Å². The van der Waals surface area contributed by atoms with Gasteiger partial charge in [0.15, 0.2) is 6.21 Å². The fourth-order valence-electron chi connectivity index (χ4n) is 3.77. The number of amides is 1. The van der Waals surface area contributed by atoms with Gasteiger partial charge in [-0.15, -0.1) is 5.10 Å². The predicted molar refractivity (Wildman–Crippen MR) is 125 cm³/mol. The Morgan fingerprint density at radius 1 is 1.27 bits per heavy atom. The Morgan fingerprint density at radius 2 is 2.15 bits per heavy atom. The standard InChI is InChI=1S/C22H24N10O.2H2/c1-31-10-9-25-21(31)19(14-3-4-14)28-22(33)15-5-8-24-17(11-15)26-12-18-29-30-20(32(18)2)16-6-7-23-13-27-16;;/h5-11,13-14,19H,3-4,12H2,1-2H3,(H2,24,26,28,33);2*1H/q+1;;/p+1/t19-;;/m1../s1. The van der Waals surface area contributed by atoms with Crippen LogP contribution in [0.2, 0.25) is 0 Å². The van der Waals surface area contributed by atoms with E-state index in [0.29, 0.717) is 29.7 Å². The summed E-state index contributed by atoms with van der Waals surface area (Å²) in [5.41, 5.74) is 1.27. The number of carbonyl (C=O) groups is 1. The number of aliphatic imine (C=N–C) groups is 1. The Morgan fingerprint density at radius 3 is 2.88 bits per heavy atom. The number of nitrogens with zero attached hydrogens (tertiary/aromatic N) is 7. The average Bonchev–Trinajstić information content (AvgIpc) is 3.50. The van der Waals surface area contributed by atoms with Crippen LogP contribution in [0.3, 0.4) is 0 Å². The van der Waals surface area contributed by atoms with Crippen LogP contribution in [0, 0.1) is 12.5 Å². The van der Waals surface area contributed by atoms with E-state index in [1.54, 1.807) is 36.8 Å². The van der Waals surface area contributed by atoms with E-state index in [2.05, 4.69) is 40.8 Å². The molecule has 0 bridgehead atoms. The van der Waals surface area contributed by atoms with Crippen LogP contribution < -0.4 is 15.2 Å². The second-order valence-corrected chi connectivity index (χ2v) is 8.12. The molecule has 11 nitrogen and oxygen atoms in total. The third-order valence-electron chi connectivity index (χ3n) is 5.80. The zero-order chi connectivity index (χ0) is 22.8. The van der Waals surface area contributed by atoms with Gasteiger partial charge in [-0.1, -0.05) is 4.99 Å². The van der Waals surface area contributed by atoms with Crippen LogP contribution in [0.15, 0.2) is 41.9 Å². The second-order valence-electron chi connectivity index (χ2n) is 8.12. The molecule has 1 saturated carbocycles. The number of carbonyl (C=O) groups excluding carboxylic acids is 1. The topological polar surface area (TPSA) is 128 Å². The number of hydrogen-bond acceptors (Lipinski definition) is 7. The molecule has 33 heavy (non-hydrogen) atoms. The molecule has 3 aromatic rings. The first-order valence-corrected chi connectivity index (χ1v) is 10.8. The van der Waals surface area contributed by atoms with Crippen molar-refractivity contribution in [2.75, 3.05) is 12.4 Å². The van der Waals surface area contributed by atoms with Crippen molar-refractivity contribution >= 4 is 23.8 Å². The van der Waals surface area contributed by atoms with E-state index in [1.165, 1.54) is 6.33 Å². The smallest absolute Gasteiger partial charge is 0.327 e. The molecule has 1 amide bonds. The maximum Gasteiger partial charge on any atom is 0.327 e. The molecule has 1 fully saturated rings. The molecule has 1 radical (unpaired) electrons. The van der Waals surface area contributed by atoms with Gasteiger partial charge in [0.1, 0.15) is 30.4 Å². The third-order valence-corrected chi connectivity index (χ3v) is 5.80. The van der Waals surface area contributed by atoms with Gasteiger partial charge >= 0.3 is 11.7 Å². The molecule has 1 atom stereocenters. The molecule has 0 unspecified atom stereocenters. The minimum atomic E-state index is -0.140. The van der Waals surface area contributed by atoms with Crippen LogP contribution >= 0.6 is 0 Å². The van der Waals surface area contributed by atoms with Crippen LogP contribution in [0.25, 0.3) is 11.5 Å². The zero-order valence-electron chi connectivity index (χ0n) is 18.4. The van der Waals surface area contributed by atoms with E-state index >= 15 is 0 Å². The van der Waals surface area contributed by atoms with Crippen LogP contribution in [0.1, 0.15) is 31.9 Å². The lowest BCUT2D eigenvalue weighted by atomic mass is 10.1. The van der Waals surface area contributed by atoms with E-state index in [0.717, 1.165) is 30.2 Å². The highest BCUT2D eigenvalue weighted by molar-refractivity contribution is 6.01. The first-order valence-electron chi connectivity index (χ1n) is 10.8. The van der Waals surface area contributed by atoms with Gasteiger partial charge in [-0.3, -0.25) is 4.79 Å². The first kappa shape index (κ1) is 20.9. The Labute approximate surface area is 193 Å². The van der Waals surface area contributed by atoms with Crippen LogP contribution in [-0.4, -0.2) is 60.8 Å². The molecule has 0 spiro atoms. The van der Waals surface area contributed by atoms with Gasteiger partial charge in [0.05, 0.1) is 14.1 Å². The average molecular weight is 450 g/mol. The van der Waals surface area contributed by atoms with Crippen molar-refractivity contribution in [2.24, 2.45) is 18.0 Å². The summed E-state index contributed by atoms with van der Waals surface area (Å²) in [6.07, 6.45) is 8.75. The van der Waals surface area contributed by atoms with Gasteiger partial charge in [0.25, 0.3) is 11.7 Å². The summed E-state index contributed by atoms with van der Waals surface area (Å²) >= 11 is 0. The SMILES string of the molecule is C[N+]1=C([C@H](NC(=O)c2ccnc(NCc3[nH]nc(-c4ccncn4)[n+]3C)c2)C2CC2)N=C[CH]1.[HH].[HH]. The van der Waals surface area contributed by atoms with Crippen LogP contribution in [-0.2, 0) is 13.6 Å². The lowest BCUT2D eigenvalue weighted by Gasteiger charge is -2.14. The fraction of sp³-hybridized carbons (Fsp3) is 0.318. The van der Waals surface area contributed by atoms with Crippen LogP contribution in [0.4, 0.5) is 5.82 Å². The quantitative estimate of drug-likeness (QED) is 0.440. The summed E-state index contributed by atoms with van der Waals surface area (Å²) in [5.74, 6) is 3.31. The van der Waals surface area contributed by atoms with E-state index in [1.807, 2.05) is 29.8 Å². The second kappa shape index (κ2) is 8.85.